The molecule has 0 aromatic heterocycles. The van der Waals surface area contributed by atoms with E-state index in [-0.39, 0.29) is 17.9 Å². The Balaban J connectivity index is 2.13. The highest BCUT2D eigenvalue weighted by atomic mass is 16.5. The van der Waals surface area contributed by atoms with Crippen LogP contribution in [0.1, 0.15) is 25.7 Å². The van der Waals surface area contributed by atoms with Crippen molar-refractivity contribution in [3.63, 3.8) is 0 Å². The average molecular weight is 308 g/mol. The minimum atomic E-state index is -0.0622. The van der Waals surface area contributed by atoms with Crippen molar-refractivity contribution in [2.24, 2.45) is 11.7 Å². The number of nitrogens with one attached hydrogen (secondary N) is 1. The SMILES string of the molecule is COc1ccc(NC(=O)C[C@@H]2CCC[C@H]2N)c(OC)c1OC. The van der Waals surface area contributed by atoms with Gasteiger partial charge in [0.05, 0.1) is 27.0 Å². The number of anilines is 1. The minimum Gasteiger partial charge on any atom is -0.493 e. The second-order valence-electron chi connectivity index (χ2n) is 5.49. The molecule has 6 heteroatoms. The van der Waals surface area contributed by atoms with Gasteiger partial charge in [-0.3, -0.25) is 4.79 Å². The number of carbonyl (C=O) groups is 1. The fourth-order valence-electron chi connectivity index (χ4n) is 2.96. The number of rotatable bonds is 6. The third kappa shape index (κ3) is 3.44. The number of hydrogen-bond donors (Lipinski definition) is 2. The predicted octanol–water partition coefficient (Wildman–Crippen LogP) is 2.17. The molecule has 2 atom stereocenters. The Morgan fingerprint density at radius 3 is 2.45 bits per heavy atom. The maximum atomic E-state index is 12.2. The van der Waals surface area contributed by atoms with Gasteiger partial charge in [-0.2, -0.15) is 0 Å². The molecule has 0 bridgehead atoms. The van der Waals surface area contributed by atoms with Crippen LogP contribution in [-0.2, 0) is 4.79 Å². The Morgan fingerprint density at radius 1 is 1.18 bits per heavy atom. The van der Waals surface area contributed by atoms with Crippen LogP contribution in [0.4, 0.5) is 5.69 Å². The fraction of sp³-hybridized carbons (Fsp3) is 0.562. The van der Waals surface area contributed by atoms with Gasteiger partial charge in [0.25, 0.3) is 0 Å². The van der Waals surface area contributed by atoms with Gasteiger partial charge < -0.3 is 25.3 Å². The summed E-state index contributed by atoms with van der Waals surface area (Å²) >= 11 is 0. The van der Waals surface area contributed by atoms with E-state index < -0.39 is 0 Å². The van der Waals surface area contributed by atoms with E-state index in [0.717, 1.165) is 19.3 Å². The average Bonchev–Trinajstić information content (AvgIpc) is 2.91. The molecule has 0 saturated heterocycles. The molecule has 1 aromatic rings. The molecular weight excluding hydrogens is 284 g/mol. The molecular formula is C16H24N2O4. The molecule has 122 valence electrons. The Bertz CT molecular complexity index is 533. The van der Waals surface area contributed by atoms with Crippen LogP contribution < -0.4 is 25.3 Å². The van der Waals surface area contributed by atoms with Crippen LogP contribution in [0.5, 0.6) is 17.2 Å². The van der Waals surface area contributed by atoms with Gasteiger partial charge in [-0.1, -0.05) is 6.42 Å². The maximum Gasteiger partial charge on any atom is 0.224 e. The summed E-state index contributed by atoms with van der Waals surface area (Å²) in [6.07, 6.45) is 3.53. The van der Waals surface area contributed by atoms with Gasteiger partial charge >= 0.3 is 0 Å². The summed E-state index contributed by atoms with van der Waals surface area (Å²) in [4.78, 5) is 12.2. The van der Waals surface area contributed by atoms with Crippen molar-refractivity contribution < 1.29 is 19.0 Å². The molecule has 0 unspecified atom stereocenters. The predicted molar refractivity (Wildman–Crippen MR) is 84.7 cm³/mol. The van der Waals surface area contributed by atoms with Gasteiger partial charge in [-0.25, -0.2) is 0 Å². The number of methoxy groups -OCH3 is 3. The molecule has 0 heterocycles. The van der Waals surface area contributed by atoms with Crippen LogP contribution in [0.15, 0.2) is 12.1 Å². The van der Waals surface area contributed by atoms with Crippen LogP contribution in [0.3, 0.4) is 0 Å². The second kappa shape index (κ2) is 7.35. The van der Waals surface area contributed by atoms with Crippen molar-refractivity contribution in [1.82, 2.24) is 0 Å². The molecule has 1 aliphatic carbocycles. The molecule has 1 amide bonds. The van der Waals surface area contributed by atoms with Crippen molar-refractivity contribution in [2.75, 3.05) is 26.6 Å². The molecule has 1 fully saturated rings. The van der Waals surface area contributed by atoms with E-state index in [1.165, 1.54) is 14.2 Å². The minimum absolute atomic E-state index is 0.0622. The van der Waals surface area contributed by atoms with E-state index in [9.17, 15) is 4.79 Å². The fourth-order valence-corrected chi connectivity index (χ4v) is 2.96. The summed E-state index contributed by atoms with van der Waals surface area (Å²) in [6.45, 7) is 0. The lowest BCUT2D eigenvalue weighted by Gasteiger charge is -2.18. The summed E-state index contributed by atoms with van der Waals surface area (Å²) in [5.41, 5.74) is 6.59. The first-order valence-electron chi connectivity index (χ1n) is 7.45. The lowest BCUT2D eigenvalue weighted by atomic mass is 10.00. The molecule has 6 nitrogen and oxygen atoms in total. The van der Waals surface area contributed by atoms with E-state index in [0.29, 0.717) is 29.4 Å². The van der Waals surface area contributed by atoms with Gasteiger partial charge in [0.1, 0.15) is 0 Å². The zero-order chi connectivity index (χ0) is 16.1. The quantitative estimate of drug-likeness (QED) is 0.841. The smallest absolute Gasteiger partial charge is 0.224 e. The first kappa shape index (κ1) is 16.4. The van der Waals surface area contributed by atoms with Gasteiger partial charge in [0.2, 0.25) is 11.7 Å². The standard InChI is InChI=1S/C16H24N2O4/c1-20-13-8-7-12(15(21-2)16(13)22-3)18-14(19)9-10-5-4-6-11(10)17/h7-8,10-11H,4-6,9,17H2,1-3H3,(H,18,19)/t10-,11+/m0/s1. The molecule has 0 aliphatic heterocycles. The van der Waals surface area contributed by atoms with Crippen molar-refractivity contribution in [2.45, 2.75) is 31.7 Å². The maximum absolute atomic E-state index is 12.2. The number of amides is 1. The van der Waals surface area contributed by atoms with Gasteiger partial charge in [-0.05, 0) is 30.9 Å². The Morgan fingerprint density at radius 2 is 1.91 bits per heavy atom. The van der Waals surface area contributed by atoms with E-state index >= 15 is 0 Å². The topological polar surface area (TPSA) is 82.8 Å². The third-order valence-corrected chi connectivity index (χ3v) is 4.14. The number of hydrogen-bond acceptors (Lipinski definition) is 5. The normalized spacial score (nSPS) is 20.5. The molecule has 0 radical (unpaired) electrons. The first-order chi connectivity index (χ1) is 10.6. The third-order valence-electron chi connectivity index (χ3n) is 4.14. The van der Waals surface area contributed by atoms with Gasteiger partial charge in [-0.15, -0.1) is 0 Å². The number of benzene rings is 1. The van der Waals surface area contributed by atoms with E-state index in [2.05, 4.69) is 5.32 Å². The van der Waals surface area contributed by atoms with E-state index in [1.807, 2.05) is 0 Å². The van der Waals surface area contributed by atoms with Crippen molar-refractivity contribution in [1.29, 1.82) is 0 Å². The van der Waals surface area contributed by atoms with Crippen molar-refractivity contribution >= 4 is 11.6 Å². The Labute approximate surface area is 130 Å². The molecule has 1 aromatic carbocycles. The highest BCUT2D eigenvalue weighted by Crippen LogP contribution is 2.42. The highest BCUT2D eigenvalue weighted by Gasteiger charge is 2.26. The van der Waals surface area contributed by atoms with Crippen molar-refractivity contribution in [3.8, 4) is 17.2 Å². The van der Waals surface area contributed by atoms with Crippen LogP contribution >= 0.6 is 0 Å². The zero-order valence-corrected chi connectivity index (χ0v) is 13.3. The lowest BCUT2D eigenvalue weighted by molar-refractivity contribution is -0.117. The van der Waals surface area contributed by atoms with Crippen LogP contribution in [0, 0.1) is 5.92 Å². The first-order valence-corrected chi connectivity index (χ1v) is 7.45. The zero-order valence-electron chi connectivity index (χ0n) is 13.3. The molecule has 22 heavy (non-hydrogen) atoms. The number of nitrogens with two attached hydrogens (primary N) is 1. The van der Waals surface area contributed by atoms with Crippen LogP contribution in [0.2, 0.25) is 0 Å². The molecule has 3 N–H and O–H groups in total. The Hall–Kier alpha value is -1.95. The monoisotopic (exact) mass is 308 g/mol. The van der Waals surface area contributed by atoms with E-state index in [1.54, 1.807) is 19.2 Å². The molecule has 0 spiro atoms. The van der Waals surface area contributed by atoms with Gasteiger partial charge in [0, 0.05) is 12.5 Å². The summed E-state index contributed by atoms with van der Waals surface area (Å²) in [5, 5.41) is 2.88. The molecule has 1 aliphatic rings. The molecule has 1 saturated carbocycles. The summed E-state index contributed by atoms with van der Waals surface area (Å²) in [6, 6.07) is 3.60. The van der Waals surface area contributed by atoms with Crippen LogP contribution in [-0.4, -0.2) is 33.3 Å². The van der Waals surface area contributed by atoms with E-state index in [4.69, 9.17) is 19.9 Å². The highest BCUT2D eigenvalue weighted by molar-refractivity contribution is 5.93. The number of carbonyl (C=O) groups excluding carboxylic acids is 1. The number of ether oxygens (including phenoxy) is 3. The van der Waals surface area contributed by atoms with Crippen molar-refractivity contribution in [3.05, 3.63) is 12.1 Å². The molecule has 2 rings (SSSR count). The van der Waals surface area contributed by atoms with Crippen LogP contribution in [0.25, 0.3) is 0 Å². The summed E-state index contributed by atoms with van der Waals surface area (Å²) in [7, 11) is 4.61. The largest absolute Gasteiger partial charge is 0.493 e. The lowest BCUT2D eigenvalue weighted by Crippen LogP contribution is -2.28. The van der Waals surface area contributed by atoms with Gasteiger partial charge in [0.15, 0.2) is 11.5 Å². The Kier molecular flexibility index (Phi) is 5.49. The summed E-state index contributed by atoms with van der Waals surface area (Å²) in [5.74, 6) is 1.65. The summed E-state index contributed by atoms with van der Waals surface area (Å²) < 4.78 is 15.9. The second-order valence-corrected chi connectivity index (χ2v) is 5.49.